The number of amides is 5. The highest BCUT2D eigenvalue weighted by Crippen LogP contribution is 2.43. The van der Waals surface area contributed by atoms with E-state index in [1.54, 1.807) is 52.3 Å². The molecule has 0 spiro atoms. The molecule has 1 fully saturated rings. The molecule has 166 valence electrons. The number of nitrogens with two attached hydrogens (primary N) is 1. The first-order chi connectivity index (χ1) is 15.3. The molecule has 2 heterocycles. The summed E-state index contributed by atoms with van der Waals surface area (Å²) in [4.78, 5) is 52.5. The fourth-order valence-electron chi connectivity index (χ4n) is 4.39. The Labute approximate surface area is 185 Å². The highest BCUT2D eigenvalue weighted by Gasteiger charge is 2.52. The molecule has 0 aliphatic carbocycles. The second kappa shape index (κ2) is 8.33. The number of hydrogen-bond acceptors (Lipinski definition) is 4. The van der Waals surface area contributed by atoms with Crippen LogP contribution in [0.3, 0.4) is 0 Å². The van der Waals surface area contributed by atoms with E-state index in [2.05, 4.69) is 10.6 Å². The molecule has 5 amide bonds. The van der Waals surface area contributed by atoms with Gasteiger partial charge in [-0.1, -0.05) is 24.3 Å². The zero-order valence-corrected chi connectivity index (χ0v) is 17.8. The van der Waals surface area contributed by atoms with Crippen molar-refractivity contribution >= 4 is 35.1 Å². The lowest BCUT2D eigenvalue weighted by atomic mass is 9.98. The maximum atomic E-state index is 13.2. The van der Waals surface area contributed by atoms with Crippen molar-refractivity contribution in [2.24, 2.45) is 5.73 Å². The van der Waals surface area contributed by atoms with Crippen LogP contribution >= 0.6 is 0 Å². The van der Waals surface area contributed by atoms with Crippen LogP contribution in [0.5, 0.6) is 0 Å². The third-order valence-electron chi connectivity index (χ3n) is 6.02. The molecule has 4 rings (SSSR count). The van der Waals surface area contributed by atoms with Crippen LogP contribution in [-0.2, 0) is 16.1 Å². The topological polar surface area (TPSA) is 125 Å². The zero-order chi connectivity index (χ0) is 22.9. The third kappa shape index (κ3) is 3.89. The first kappa shape index (κ1) is 21.4. The smallest absolute Gasteiger partial charge is 0.316 e. The number of fused-ring (bicyclic) bond motifs is 3. The number of hydrogen-bond donors (Lipinski definition) is 3. The molecule has 1 unspecified atom stereocenters. The molecule has 0 aromatic heterocycles. The van der Waals surface area contributed by atoms with Gasteiger partial charge in [-0.25, -0.2) is 4.79 Å². The lowest BCUT2D eigenvalue weighted by Gasteiger charge is -2.48. The number of primary amides is 1. The molecule has 2 aromatic rings. The largest absolute Gasteiger partial charge is 0.352 e. The molecule has 0 saturated carbocycles. The van der Waals surface area contributed by atoms with Crippen molar-refractivity contribution in [3.8, 4) is 0 Å². The van der Waals surface area contributed by atoms with E-state index in [0.717, 1.165) is 5.56 Å². The maximum absolute atomic E-state index is 13.2. The summed E-state index contributed by atoms with van der Waals surface area (Å²) >= 11 is 0. The summed E-state index contributed by atoms with van der Waals surface area (Å²) in [5.41, 5.74) is 6.85. The fourth-order valence-corrected chi connectivity index (χ4v) is 4.39. The summed E-state index contributed by atoms with van der Waals surface area (Å²) in [6.07, 6.45) is 1.01. The van der Waals surface area contributed by atoms with Gasteiger partial charge in [-0.05, 0) is 43.2 Å². The average molecular weight is 435 g/mol. The van der Waals surface area contributed by atoms with Crippen LogP contribution < -0.4 is 21.3 Å². The summed E-state index contributed by atoms with van der Waals surface area (Å²) in [5, 5.41) is 5.32. The van der Waals surface area contributed by atoms with Crippen LogP contribution in [0.2, 0.25) is 0 Å². The van der Waals surface area contributed by atoms with E-state index in [-0.39, 0.29) is 30.7 Å². The van der Waals surface area contributed by atoms with Gasteiger partial charge in [-0.3, -0.25) is 19.3 Å². The van der Waals surface area contributed by atoms with Gasteiger partial charge in [0.15, 0.2) is 0 Å². The second-order valence-electron chi connectivity index (χ2n) is 8.13. The Bertz CT molecular complexity index is 1080. The van der Waals surface area contributed by atoms with Gasteiger partial charge in [-0.2, -0.15) is 0 Å². The summed E-state index contributed by atoms with van der Waals surface area (Å²) in [6.45, 7) is 2.40. The van der Waals surface area contributed by atoms with Crippen molar-refractivity contribution in [1.82, 2.24) is 10.2 Å². The van der Waals surface area contributed by atoms with Crippen LogP contribution in [0.4, 0.5) is 16.2 Å². The Kier molecular flexibility index (Phi) is 5.56. The SMILES string of the molecule is CC12CCC(=O)N1c1ccccc1C(=O)N2CCC(=O)NCc1ccc(NC(N)=O)cc1. The predicted octanol–water partition coefficient (Wildman–Crippen LogP) is 2.18. The minimum atomic E-state index is -0.772. The number of urea groups is 1. The van der Waals surface area contributed by atoms with Crippen molar-refractivity contribution in [1.29, 1.82) is 0 Å². The first-order valence-electron chi connectivity index (χ1n) is 10.5. The molecule has 2 aromatic carbocycles. The third-order valence-corrected chi connectivity index (χ3v) is 6.02. The number of benzene rings is 2. The number of nitrogens with one attached hydrogen (secondary N) is 2. The summed E-state index contributed by atoms with van der Waals surface area (Å²) in [6, 6.07) is 13.4. The van der Waals surface area contributed by atoms with E-state index >= 15 is 0 Å². The molecule has 4 N–H and O–H groups in total. The van der Waals surface area contributed by atoms with Gasteiger partial charge in [0.25, 0.3) is 5.91 Å². The molecule has 9 heteroatoms. The molecular weight excluding hydrogens is 410 g/mol. The first-order valence-corrected chi connectivity index (χ1v) is 10.5. The van der Waals surface area contributed by atoms with Crippen LogP contribution in [-0.4, -0.2) is 40.9 Å². The van der Waals surface area contributed by atoms with Crippen LogP contribution in [0.25, 0.3) is 0 Å². The molecule has 9 nitrogen and oxygen atoms in total. The zero-order valence-electron chi connectivity index (χ0n) is 17.8. The minimum absolute atomic E-state index is 0.0174. The van der Waals surface area contributed by atoms with Crippen LogP contribution in [0.1, 0.15) is 42.1 Å². The number of rotatable bonds is 6. The normalized spacial score (nSPS) is 19.4. The molecule has 32 heavy (non-hydrogen) atoms. The van der Waals surface area contributed by atoms with Crippen LogP contribution in [0.15, 0.2) is 48.5 Å². The van der Waals surface area contributed by atoms with E-state index in [1.165, 1.54) is 0 Å². The second-order valence-corrected chi connectivity index (χ2v) is 8.13. The Morgan fingerprint density at radius 3 is 2.53 bits per heavy atom. The number of para-hydroxylation sites is 1. The Hall–Kier alpha value is -3.88. The summed E-state index contributed by atoms with van der Waals surface area (Å²) in [7, 11) is 0. The average Bonchev–Trinajstić information content (AvgIpc) is 3.08. The number of carbonyl (C=O) groups excluding carboxylic acids is 4. The molecule has 1 atom stereocenters. The van der Waals surface area contributed by atoms with Gasteiger partial charge in [-0.15, -0.1) is 0 Å². The van der Waals surface area contributed by atoms with Gasteiger partial charge >= 0.3 is 6.03 Å². The standard InChI is InChI=1S/C23H25N5O4/c1-23-12-10-20(30)28(23)18-5-3-2-4-17(18)21(31)27(23)13-11-19(29)25-14-15-6-8-16(9-7-15)26-22(24)32/h2-9H,10-14H2,1H3,(H,25,29)(H3,24,26,32). The molecule has 0 bridgehead atoms. The van der Waals surface area contributed by atoms with Crippen molar-refractivity contribution in [3.63, 3.8) is 0 Å². The van der Waals surface area contributed by atoms with Crippen molar-refractivity contribution in [3.05, 3.63) is 59.7 Å². The lowest BCUT2D eigenvalue weighted by molar-refractivity contribution is -0.121. The van der Waals surface area contributed by atoms with Crippen LogP contribution in [0, 0.1) is 0 Å². The monoisotopic (exact) mass is 435 g/mol. The molecular formula is C23H25N5O4. The van der Waals surface area contributed by atoms with Gasteiger partial charge in [0.05, 0.1) is 11.3 Å². The maximum Gasteiger partial charge on any atom is 0.316 e. The van der Waals surface area contributed by atoms with Gasteiger partial charge < -0.3 is 21.3 Å². The highest BCUT2D eigenvalue weighted by molar-refractivity contribution is 6.10. The fraction of sp³-hybridized carbons (Fsp3) is 0.304. The molecule has 0 radical (unpaired) electrons. The van der Waals surface area contributed by atoms with E-state index in [4.69, 9.17) is 5.73 Å². The number of nitrogens with zero attached hydrogens (tertiary/aromatic N) is 2. The molecule has 2 aliphatic rings. The minimum Gasteiger partial charge on any atom is -0.352 e. The highest BCUT2D eigenvalue weighted by atomic mass is 16.2. The van der Waals surface area contributed by atoms with Gasteiger partial charge in [0, 0.05) is 31.6 Å². The van der Waals surface area contributed by atoms with E-state index in [1.807, 2.05) is 13.0 Å². The van der Waals surface area contributed by atoms with Crippen molar-refractivity contribution in [2.75, 3.05) is 16.8 Å². The van der Waals surface area contributed by atoms with Gasteiger partial charge in [0.1, 0.15) is 5.66 Å². The molecule has 2 aliphatic heterocycles. The Morgan fingerprint density at radius 1 is 1.09 bits per heavy atom. The lowest BCUT2D eigenvalue weighted by Crippen LogP contribution is -2.62. The number of carbonyl (C=O) groups is 4. The number of anilines is 2. The van der Waals surface area contributed by atoms with E-state index in [9.17, 15) is 19.2 Å². The van der Waals surface area contributed by atoms with Crippen molar-refractivity contribution < 1.29 is 19.2 Å². The van der Waals surface area contributed by atoms with E-state index in [0.29, 0.717) is 36.3 Å². The van der Waals surface area contributed by atoms with E-state index < -0.39 is 11.7 Å². The quantitative estimate of drug-likeness (QED) is 0.643. The predicted molar refractivity (Wildman–Crippen MR) is 119 cm³/mol. The van der Waals surface area contributed by atoms with Crippen molar-refractivity contribution in [2.45, 2.75) is 38.4 Å². The molecule has 1 saturated heterocycles. The summed E-state index contributed by atoms with van der Waals surface area (Å²) in [5.74, 6) is -0.383. The van der Waals surface area contributed by atoms with Gasteiger partial charge in [0.2, 0.25) is 11.8 Å². The Morgan fingerprint density at radius 2 is 1.81 bits per heavy atom. The summed E-state index contributed by atoms with van der Waals surface area (Å²) < 4.78 is 0. The Balaban J connectivity index is 1.40.